The van der Waals surface area contributed by atoms with Gasteiger partial charge in [-0.2, -0.15) is 0 Å². The Hall–Kier alpha value is -3.42. The Morgan fingerprint density at radius 2 is 1.54 bits per heavy atom. The van der Waals surface area contributed by atoms with Gasteiger partial charge in [0.25, 0.3) is 0 Å². The Morgan fingerprint density at radius 3 is 2.11 bits per heavy atom. The van der Waals surface area contributed by atoms with Crippen LogP contribution in [0, 0.1) is 0 Å². The molecule has 2 rings (SSSR count). The summed E-state index contributed by atoms with van der Waals surface area (Å²) in [5.41, 5.74) is 16.5. The minimum absolute atomic E-state index is 0.0591. The molecule has 4 atom stereocenters. The monoisotopic (exact) mass is 497 g/mol. The number of carbonyl (C=O) groups is 5. The molecule has 0 saturated carbocycles. The Labute approximate surface area is 202 Å². The van der Waals surface area contributed by atoms with Gasteiger partial charge in [0, 0.05) is 26.1 Å². The largest absolute Gasteiger partial charge is 0.481 e. The average molecular weight is 498 g/mol. The van der Waals surface area contributed by atoms with Crippen molar-refractivity contribution in [1.82, 2.24) is 15.1 Å². The lowest BCUT2D eigenvalue weighted by Crippen LogP contribution is -2.56. The number of amides is 3. The molecule has 2 fully saturated rings. The van der Waals surface area contributed by atoms with Crippen molar-refractivity contribution in [2.24, 2.45) is 22.2 Å². The molecule has 4 unspecified atom stereocenters. The van der Waals surface area contributed by atoms with Crippen LogP contribution >= 0.6 is 0 Å². The molecule has 0 spiro atoms. The molecule has 0 aromatic rings. The third-order valence-electron chi connectivity index (χ3n) is 6.21. The molecule has 2 aliphatic heterocycles. The van der Waals surface area contributed by atoms with Gasteiger partial charge in [-0.05, 0) is 44.9 Å². The highest BCUT2D eigenvalue weighted by Crippen LogP contribution is 2.22. The van der Waals surface area contributed by atoms with Gasteiger partial charge in [0.15, 0.2) is 5.96 Å². The van der Waals surface area contributed by atoms with E-state index in [9.17, 15) is 29.1 Å². The van der Waals surface area contributed by atoms with E-state index in [0.717, 1.165) is 0 Å². The number of carbonyl (C=O) groups excluding carboxylic acids is 3. The van der Waals surface area contributed by atoms with E-state index in [1.807, 2.05) is 0 Å². The van der Waals surface area contributed by atoms with Crippen molar-refractivity contribution in [3.63, 3.8) is 0 Å². The quantitative estimate of drug-likeness (QED) is 0.0965. The van der Waals surface area contributed by atoms with Gasteiger partial charge in [-0.15, -0.1) is 0 Å². The first-order chi connectivity index (χ1) is 16.5. The van der Waals surface area contributed by atoms with Crippen LogP contribution in [0.2, 0.25) is 0 Å². The van der Waals surface area contributed by atoms with Gasteiger partial charge in [0.1, 0.15) is 18.1 Å². The molecule has 196 valence electrons. The number of hydrogen-bond acceptors (Lipinski definition) is 7. The van der Waals surface area contributed by atoms with Crippen LogP contribution in [0.3, 0.4) is 0 Å². The summed E-state index contributed by atoms with van der Waals surface area (Å²) in [6.45, 7) is 0.771. The predicted octanol–water partition coefficient (Wildman–Crippen LogP) is -2.22. The number of nitrogens with zero attached hydrogens (tertiary/aromatic N) is 3. The van der Waals surface area contributed by atoms with E-state index in [1.54, 1.807) is 0 Å². The molecule has 3 amide bonds. The first-order valence-corrected chi connectivity index (χ1v) is 11.7. The summed E-state index contributed by atoms with van der Waals surface area (Å²) < 4.78 is 0. The summed E-state index contributed by atoms with van der Waals surface area (Å²) >= 11 is 0. The molecular weight excluding hydrogens is 462 g/mol. The average Bonchev–Trinajstić information content (AvgIpc) is 3.48. The predicted molar refractivity (Wildman–Crippen MR) is 124 cm³/mol. The van der Waals surface area contributed by atoms with E-state index in [4.69, 9.17) is 22.3 Å². The zero-order valence-corrected chi connectivity index (χ0v) is 19.6. The molecule has 0 aliphatic carbocycles. The topological polar surface area (TPSA) is 235 Å². The van der Waals surface area contributed by atoms with Crippen LogP contribution < -0.4 is 22.5 Å². The number of nitrogens with one attached hydrogen (secondary N) is 1. The lowest BCUT2D eigenvalue weighted by molar-refractivity contribution is -0.150. The summed E-state index contributed by atoms with van der Waals surface area (Å²) in [6, 6.07) is -3.90. The fraction of sp³-hybridized carbons (Fsp3) is 0.714. The number of nitrogens with two attached hydrogens (primary N) is 3. The van der Waals surface area contributed by atoms with E-state index < -0.39 is 53.8 Å². The maximum Gasteiger partial charge on any atom is 0.326 e. The van der Waals surface area contributed by atoms with E-state index in [-0.39, 0.29) is 44.9 Å². The van der Waals surface area contributed by atoms with Gasteiger partial charge in [-0.25, -0.2) is 4.79 Å². The maximum absolute atomic E-state index is 13.2. The summed E-state index contributed by atoms with van der Waals surface area (Å²) in [6.07, 6.45) is 1.97. The number of hydrogen-bond donors (Lipinski definition) is 6. The maximum atomic E-state index is 13.2. The van der Waals surface area contributed by atoms with Crippen molar-refractivity contribution in [2.75, 3.05) is 19.6 Å². The molecule has 0 bridgehead atoms. The van der Waals surface area contributed by atoms with Crippen LogP contribution in [0.4, 0.5) is 0 Å². The van der Waals surface area contributed by atoms with Crippen LogP contribution in [0.1, 0.15) is 51.4 Å². The van der Waals surface area contributed by atoms with E-state index >= 15 is 0 Å². The molecule has 2 heterocycles. The van der Waals surface area contributed by atoms with Gasteiger partial charge in [-0.3, -0.25) is 24.2 Å². The Bertz CT molecular complexity index is 846. The van der Waals surface area contributed by atoms with E-state index in [0.29, 0.717) is 32.1 Å². The number of carboxylic acids is 2. The van der Waals surface area contributed by atoms with Crippen LogP contribution in [0.25, 0.3) is 0 Å². The highest BCUT2D eigenvalue weighted by atomic mass is 16.4. The first-order valence-electron chi connectivity index (χ1n) is 11.7. The Kier molecular flexibility index (Phi) is 10.2. The summed E-state index contributed by atoms with van der Waals surface area (Å²) in [5.74, 6) is -3.88. The number of likely N-dealkylation sites (tertiary alicyclic amines) is 2. The lowest BCUT2D eigenvalue weighted by Gasteiger charge is -2.30. The van der Waals surface area contributed by atoms with Gasteiger partial charge < -0.3 is 42.5 Å². The third-order valence-corrected chi connectivity index (χ3v) is 6.21. The van der Waals surface area contributed by atoms with Gasteiger partial charge in [-0.1, -0.05) is 0 Å². The molecule has 35 heavy (non-hydrogen) atoms. The van der Waals surface area contributed by atoms with Crippen molar-refractivity contribution < 1.29 is 34.2 Å². The SMILES string of the molecule is NC(N)=NCCCC(NC(=O)C1CCCN1C(=O)C(N)CCC(=O)O)C(=O)N1CCCC1C(=O)O. The molecule has 2 saturated heterocycles. The zero-order valence-electron chi connectivity index (χ0n) is 19.6. The van der Waals surface area contributed by atoms with Crippen molar-refractivity contribution in [3.05, 3.63) is 0 Å². The van der Waals surface area contributed by atoms with E-state index in [1.165, 1.54) is 9.80 Å². The normalized spacial score (nSPS) is 21.3. The summed E-state index contributed by atoms with van der Waals surface area (Å²) in [4.78, 5) is 67.9. The van der Waals surface area contributed by atoms with Crippen LogP contribution in [0.5, 0.6) is 0 Å². The minimum Gasteiger partial charge on any atom is -0.481 e. The lowest BCUT2D eigenvalue weighted by atomic mass is 10.1. The minimum atomic E-state index is -1.11. The zero-order chi connectivity index (χ0) is 26.1. The number of aliphatic carboxylic acids is 2. The second-order valence-electron chi connectivity index (χ2n) is 8.77. The fourth-order valence-electron chi connectivity index (χ4n) is 4.43. The fourth-order valence-corrected chi connectivity index (χ4v) is 4.43. The van der Waals surface area contributed by atoms with Crippen molar-refractivity contribution >= 4 is 35.6 Å². The number of carboxylic acid groups (broad SMARTS) is 2. The molecule has 9 N–H and O–H groups in total. The van der Waals surface area contributed by atoms with Crippen LogP contribution in [-0.4, -0.2) is 99.4 Å². The van der Waals surface area contributed by atoms with Crippen LogP contribution in [-0.2, 0) is 24.0 Å². The van der Waals surface area contributed by atoms with Crippen LogP contribution in [0.15, 0.2) is 4.99 Å². The summed E-state index contributed by atoms with van der Waals surface area (Å²) in [5, 5.41) is 21.0. The van der Waals surface area contributed by atoms with E-state index in [2.05, 4.69) is 10.3 Å². The first kappa shape index (κ1) is 27.8. The van der Waals surface area contributed by atoms with Gasteiger partial charge in [0.2, 0.25) is 17.7 Å². The number of aliphatic imine (C=N–C) groups is 1. The van der Waals surface area contributed by atoms with Gasteiger partial charge >= 0.3 is 11.9 Å². The smallest absolute Gasteiger partial charge is 0.326 e. The molecule has 0 aromatic heterocycles. The second-order valence-corrected chi connectivity index (χ2v) is 8.77. The number of rotatable bonds is 12. The molecule has 2 aliphatic rings. The standard InChI is InChI=1S/C21H35N7O7/c22-12(7-8-16(29)30)18(32)27-10-2-5-14(27)17(31)26-13(4-1-9-25-21(23)24)19(33)28-11-3-6-15(28)20(34)35/h12-15H,1-11,22H2,(H,26,31)(H,29,30)(H,34,35)(H4,23,24,25). The summed E-state index contributed by atoms with van der Waals surface area (Å²) in [7, 11) is 0. The molecule has 0 aromatic carbocycles. The van der Waals surface area contributed by atoms with Crippen molar-refractivity contribution in [2.45, 2.75) is 75.5 Å². The van der Waals surface area contributed by atoms with Crippen molar-refractivity contribution in [1.29, 1.82) is 0 Å². The molecular formula is C21H35N7O7. The Balaban J connectivity index is 2.11. The molecule has 14 nitrogen and oxygen atoms in total. The third kappa shape index (κ3) is 7.80. The Morgan fingerprint density at radius 1 is 0.943 bits per heavy atom. The highest BCUT2D eigenvalue weighted by Gasteiger charge is 2.40. The second kappa shape index (κ2) is 12.9. The number of guanidine groups is 1. The van der Waals surface area contributed by atoms with Gasteiger partial charge in [0.05, 0.1) is 6.04 Å². The molecule has 0 radical (unpaired) electrons. The highest BCUT2D eigenvalue weighted by molar-refractivity contribution is 5.94. The molecule has 14 heteroatoms. The van der Waals surface area contributed by atoms with Crippen molar-refractivity contribution in [3.8, 4) is 0 Å².